The second-order valence-electron chi connectivity index (χ2n) is 7.51. The molecule has 9 nitrogen and oxygen atoms in total. The number of rotatable bonds is 6. The number of hydrogen-bond acceptors (Lipinski definition) is 5. The molecule has 3 aromatic rings. The molecule has 1 aromatic heterocycles. The Hall–Kier alpha value is -4.27. The molecule has 2 heterocycles. The van der Waals surface area contributed by atoms with E-state index in [0.717, 1.165) is 11.1 Å². The molecule has 32 heavy (non-hydrogen) atoms. The van der Waals surface area contributed by atoms with E-state index < -0.39 is 5.97 Å². The van der Waals surface area contributed by atoms with E-state index >= 15 is 0 Å². The van der Waals surface area contributed by atoms with Crippen LogP contribution in [0.25, 0.3) is 17.8 Å². The summed E-state index contributed by atoms with van der Waals surface area (Å²) in [7, 11) is 0. The number of aromatic nitrogens is 3. The van der Waals surface area contributed by atoms with Gasteiger partial charge in [-0.1, -0.05) is 42.5 Å². The van der Waals surface area contributed by atoms with Crippen LogP contribution < -0.4 is 5.73 Å². The first-order valence-corrected chi connectivity index (χ1v) is 10.0. The Morgan fingerprint density at radius 2 is 1.84 bits per heavy atom. The third-order valence-corrected chi connectivity index (χ3v) is 5.29. The van der Waals surface area contributed by atoms with Crippen molar-refractivity contribution in [2.75, 3.05) is 6.54 Å². The predicted molar refractivity (Wildman–Crippen MR) is 119 cm³/mol. The minimum Gasteiger partial charge on any atom is -0.481 e. The number of fused-ring (bicyclic) bond motifs is 3. The van der Waals surface area contributed by atoms with Gasteiger partial charge in [-0.05, 0) is 30.2 Å². The molecule has 4 N–H and O–H groups in total. The minimum atomic E-state index is -0.965. The van der Waals surface area contributed by atoms with Crippen molar-refractivity contribution in [3.8, 4) is 5.69 Å². The maximum atomic E-state index is 13.3. The fourth-order valence-electron chi connectivity index (χ4n) is 3.64. The van der Waals surface area contributed by atoms with Crippen LogP contribution in [0.1, 0.15) is 45.1 Å². The van der Waals surface area contributed by atoms with Crippen LogP contribution in [0.3, 0.4) is 0 Å². The van der Waals surface area contributed by atoms with E-state index in [2.05, 4.69) is 10.2 Å². The molecule has 162 valence electrons. The Bertz CT molecular complexity index is 1240. The van der Waals surface area contributed by atoms with E-state index in [9.17, 15) is 9.59 Å². The smallest absolute Gasteiger partial charge is 0.305 e. The van der Waals surface area contributed by atoms with Gasteiger partial charge in [-0.25, -0.2) is 0 Å². The molecule has 0 aliphatic carbocycles. The topological polar surface area (TPSA) is 138 Å². The summed E-state index contributed by atoms with van der Waals surface area (Å²) >= 11 is 0. The SMILES string of the molecule is Cc1nnc2n1-c1ccc(C=Cc3ccc(C(=N)N)cc3)cc1C(=O)N(CCC(=O)O)C2. The number of nitrogens with two attached hydrogens (primary N) is 1. The van der Waals surface area contributed by atoms with E-state index in [1.807, 2.05) is 47.9 Å². The Kier molecular flexibility index (Phi) is 5.55. The molecule has 1 aliphatic heterocycles. The number of amidine groups is 1. The van der Waals surface area contributed by atoms with Crippen LogP contribution in [0.15, 0.2) is 42.5 Å². The normalized spacial score (nSPS) is 13.0. The molecule has 9 heteroatoms. The van der Waals surface area contributed by atoms with E-state index in [1.165, 1.54) is 4.90 Å². The third-order valence-electron chi connectivity index (χ3n) is 5.29. The minimum absolute atomic E-state index is 0.0147. The number of nitrogens with one attached hydrogen (secondary N) is 1. The van der Waals surface area contributed by atoms with Crippen LogP contribution in [0.2, 0.25) is 0 Å². The number of aryl methyl sites for hydroxylation is 1. The summed E-state index contributed by atoms with van der Waals surface area (Å²) in [6.07, 6.45) is 3.65. The summed E-state index contributed by atoms with van der Waals surface area (Å²) in [6.45, 7) is 2.09. The fraction of sp³-hybridized carbons (Fsp3) is 0.174. The molecular formula is C23H22N6O3. The molecule has 0 fully saturated rings. The zero-order valence-corrected chi connectivity index (χ0v) is 17.4. The first kappa shape index (κ1) is 21.0. The largest absolute Gasteiger partial charge is 0.481 e. The van der Waals surface area contributed by atoms with Crippen molar-refractivity contribution in [1.82, 2.24) is 19.7 Å². The highest BCUT2D eigenvalue weighted by molar-refractivity contribution is 5.99. The number of amides is 1. The lowest BCUT2D eigenvalue weighted by molar-refractivity contribution is -0.137. The predicted octanol–water partition coefficient (Wildman–Crippen LogP) is 2.46. The van der Waals surface area contributed by atoms with Gasteiger partial charge in [0.25, 0.3) is 5.91 Å². The van der Waals surface area contributed by atoms with Crippen molar-refractivity contribution in [3.63, 3.8) is 0 Å². The van der Waals surface area contributed by atoms with Crippen LogP contribution in [0.4, 0.5) is 0 Å². The Morgan fingerprint density at radius 3 is 2.53 bits per heavy atom. The van der Waals surface area contributed by atoms with Gasteiger partial charge in [0.2, 0.25) is 0 Å². The Labute approximate surface area is 184 Å². The van der Waals surface area contributed by atoms with Gasteiger partial charge in [-0.2, -0.15) is 0 Å². The van der Waals surface area contributed by atoms with E-state index in [0.29, 0.717) is 28.5 Å². The highest BCUT2D eigenvalue weighted by atomic mass is 16.4. The molecule has 2 aromatic carbocycles. The summed E-state index contributed by atoms with van der Waals surface area (Å²) in [5.41, 5.74) is 9.03. The van der Waals surface area contributed by atoms with Crippen LogP contribution in [0.5, 0.6) is 0 Å². The van der Waals surface area contributed by atoms with Crippen molar-refractivity contribution in [1.29, 1.82) is 5.41 Å². The van der Waals surface area contributed by atoms with Crippen molar-refractivity contribution < 1.29 is 14.7 Å². The molecule has 0 saturated carbocycles. The lowest BCUT2D eigenvalue weighted by Gasteiger charge is -2.19. The molecule has 0 radical (unpaired) electrons. The lowest BCUT2D eigenvalue weighted by atomic mass is 10.0. The number of aliphatic carboxylic acids is 1. The monoisotopic (exact) mass is 430 g/mol. The second kappa shape index (κ2) is 8.46. The van der Waals surface area contributed by atoms with Crippen molar-refractivity contribution in [2.24, 2.45) is 5.73 Å². The lowest BCUT2D eigenvalue weighted by Crippen LogP contribution is -2.32. The number of carboxylic acid groups (broad SMARTS) is 1. The number of carboxylic acids is 1. The number of nitrogens with zero attached hydrogens (tertiary/aromatic N) is 4. The molecule has 1 aliphatic rings. The zero-order chi connectivity index (χ0) is 22.8. The highest BCUT2D eigenvalue weighted by Gasteiger charge is 2.28. The molecular weight excluding hydrogens is 408 g/mol. The standard InChI is InChI=1S/C23H22N6O3/c1-14-26-27-20-13-28(11-10-21(30)31)23(32)18-12-16(6-9-19(18)29(14)20)3-2-15-4-7-17(8-5-15)22(24)25/h2-9,12H,10-11,13H2,1H3,(H3,24,25)(H,30,31). The zero-order valence-electron chi connectivity index (χ0n) is 17.4. The molecule has 0 unspecified atom stereocenters. The van der Waals surface area contributed by atoms with Gasteiger partial charge in [0.05, 0.1) is 24.2 Å². The highest BCUT2D eigenvalue weighted by Crippen LogP contribution is 2.27. The summed E-state index contributed by atoms with van der Waals surface area (Å²) in [6, 6.07) is 12.8. The summed E-state index contributed by atoms with van der Waals surface area (Å²) in [5.74, 6) is 0.0531. The van der Waals surface area contributed by atoms with E-state index in [-0.39, 0.29) is 31.3 Å². The number of carbonyl (C=O) groups is 2. The first-order valence-electron chi connectivity index (χ1n) is 10.0. The molecule has 0 spiro atoms. The van der Waals surface area contributed by atoms with Gasteiger partial charge >= 0.3 is 5.97 Å². The third kappa shape index (κ3) is 4.13. The number of hydrogen-bond donors (Lipinski definition) is 3. The fourth-order valence-corrected chi connectivity index (χ4v) is 3.64. The molecule has 0 bridgehead atoms. The number of nitrogen functional groups attached to an aromatic ring is 1. The molecule has 0 atom stereocenters. The van der Waals surface area contributed by atoms with Gasteiger partial charge < -0.3 is 15.7 Å². The van der Waals surface area contributed by atoms with Crippen LogP contribution in [0, 0.1) is 12.3 Å². The van der Waals surface area contributed by atoms with Gasteiger partial charge in [-0.15, -0.1) is 10.2 Å². The van der Waals surface area contributed by atoms with Crippen molar-refractivity contribution in [3.05, 3.63) is 76.4 Å². The van der Waals surface area contributed by atoms with Crippen molar-refractivity contribution in [2.45, 2.75) is 19.9 Å². The summed E-state index contributed by atoms with van der Waals surface area (Å²) < 4.78 is 1.84. The Balaban J connectivity index is 1.69. The van der Waals surface area contributed by atoms with E-state index in [1.54, 1.807) is 18.2 Å². The van der Waals surface area contributed by atoms with E-state index in [4.69, 9.17) is 16.2 Å². The van der Waals surface area contributed by atoms with Gasteiger partial charge in [-0.3, -0.25) is 19.6 Å². The summed E-state index contributed by atoms with van der Waals surface area (Å²) in [4.78, 5) is 25.8. The van der Waals surface area contributed by atoms with Crippen molar-refractivity contribution >= 4 is 29.9 Å². The second-order valence-corrected chi connectivity index (χ2v) is 7.51. The molecule has 4 rings (SSSR count). The first-order chi connectivity index (χ1) is 15.3. The van der Waals surface area contributed by atoms with Crippen LogP contribution in [-0.2, 0) is 11.3 Å². The van der Waals surface area contributed by atoms with Gasteiger partial charge in [0.1, 0.15) is 11.7 Å². The molecule has 1 amide bonds. The average Bonchev–Trinajstić information content (AvgIpc) is 3.08. The number of benzene rings is 2. The molecule has 0 saturated heterocycles. The van der Waals surface area contributed by atoms with Gasteiger partial charge in [0.15, 0.2) is 5.82 Å². The van der Waals surface area contributed by atoms with Crippen LogP contribution in [-0.4, -0.2) is 49.0 Å². The average molecular weight is 430 g/mol. The summed E-state index contributed by atoms with van der Waals surface area (Å²) in [5, 5.41) is 24.8. The van der Waals surface area contributed by atoms with Crippen LogP contribution >= 0.6 is 0 Å². The van der Waals surface area contributed by atoms with Gasteiger partial charge in [0, 0.05) is 12.1 Å². The quantitative estimate of drug-likeness (QED) is 0.312. The number of carbonyl (C=O) groups excluding carboxylic acids is 1. The Morgan fingerprint density at radius 1 is 1.16 bits per heavy atom. The maximum absolute atomic E-state index is 13.3. The maximum Gasteiger partial charge on any atom is 0.305 e.